The quantitative estimate of drug-likeness (QED) is 0.467. The Morgan fingerprint density at radius 1 is 1.08 bits per heavy atom. The lowest BCUT2D eigenvalue weighted by molar-refractivity contribution is -0.671. The van der Waals surface area contributed by atoms with Crippen molar-refractivity contribution in [2.45, 2.75) is 6.92 Å². The molecule has 2 aromatic rings. The highest BCUT2D eigenvalue weighted by atomic mass is 127. The summed E-state index contributed by atoms with van der Waals surface area (Å²) in [6.45, 7) is 2.47. The van der Waals surface area contributed by atoms with Crippen molar-refractivity contribution in [3.63, 3.8) is 0 Å². The monoisotopic (exact) mass is 454 g/mol. The second-order valence-corrected chi connectivity index (χ2v) is 6.76. The van der Waals surface area contributed by atoms with Crippen molar-refractivity contribution in [3.8, 4) is 0 Å². The number of hydrogen-bond donors (Lipinski definition) is 0. The van der Waals surface area contributed by atoms with Gasteiger partial charge in [0.1, 0.15) is 7.05 Å². The van der Waals surface area contributed by atoms with E-state index in [0.717, 1.165) is 18.0 Å². The van der Waals surface area contributed by atoms with Crippen molar-refractivity contribution in [3.05, 3.63) is 59.9 Å². The Kier molecular flexibility index (Phi) is 9.07. The lowest BCUT2D eigenvalue weighted by atomic mass is 10.1. The molecule has 3 nitrogen and oxygen atoms in total. The first-order valence-corrected chi connectivity index (χ1v) is 8.61. The predicted octanol–water partition coefficient (Wildman–Crippen LogP) is 0.401. The highest BCUT2D eigenvalue weighted by Crippen LogP contribution is 2.16. The van der Waals surface area contributed by atoms with Gasteiger partial charge in [0.25, 0.3) is 0 Å². The summed E-state index contributed by atoms with van der Waals surface area (Å²) >= 11 is 1.37. The number of pyridine rings is 1. The molecule has 0 bridgehead atoms. The Labute approximate surface area is 165 Å². The van der Waals surface area contributed by atoms with Crippen molar-refractivity contribution >= 4 is 34.7 Å². The Bertz CT molecular complexity index is 669. The number of carbonyl (C=O) groups is 1. The molecule has 2 rings (SSSR count). The summed E-state index contributed by atoms with van der Waals surface area (Å²) in [7, 11) is 4.06. The molecule has 0 spiro atoms. The third-order valence-electron chi connectivity index (χ3n) is 3.54. The number of aryl methyl sites for hydroxylation is 1. The molecule has 0 fully saturated rings. The first-order chi connectivity index (χ1) is 11.0. The van der Waals surface area contributed by atoms with Crippen LogP contribution in [0.15, 0.2) is 48.8 Å². The standard InChI is InChI=1S/C19H23N2OS.HI/c1-16(22)23-15-14-21(3)19-8-6-17(7-9-19)4-5-18-10-12-20(2)13-11-18;/h4-13H,14-15H2,1-3H3;1H/q+1;/p-1. The van der Waals surface area contributed by atoms with Crippen LogP contribution in [0.3, 0.4) is 0 Å². The second-order valence-electron chi connectivity index (χ2n) is 5.48. The normalized spacial score (nSPS) is 10.5. The minimum Gasteiger partial charge on any atom is -1.00 e. The predicted molar refractivity (Wildman–Crippen MR) is 99.4 cm³/mol. The number of hydrogen-bond acceptors (Lipinski definition) is 3. The first kappa shape index (κ1) is 20.7. The maximum absolute atomic E-state index is 10.9. The zero-order valence-corrected chi connectivity index (χ0v) is 17.3. The molecule has 0 aliphatic rings. The molecule has 0 amide bonds. The average molecular weight is 454 g/mol. The van der Waals surface area contributed by atoms with E-state index >= 15 is 0 Å². The van der Waals surface area contributed by atoms with Crippen LogP contribution < -0.4 is 33.4 Å². The molecular formula is C19H23IN2OS. The number of thioether (sulfide) groups is 1. The van der Waals surface area contributed by atoms with Crippen molar-refractivity contribution < 1.29 is 33.3 Å². The van der Waals surface area contributed by atoms with E-state index in [0.29, 0.717) is 0 Å². The minimum atomic E-state index is 0. The minimum absolute atomic E-state index is 0. The van der Waals surface area contributed by atoms with Crippen molar-refractivity contribution in [2.24, 2.45) is 7.05 Å². The van der Waals surface area contributed by atoms with Gasteiger partial charge in [-0.05, 0) is 23.3 Å². The fraction of sp³-hybridized carbons (Fsp3) is 0.263. The van der Waals surface area contributed by atoms with Gasteiger partial charge in [0.2, 0.25) is 0 Å². The molecular weight excluding hydrogens is 431 g/mol. The number of benzene rings is 1. The van der Waals surface area contributed by atoms with E-state index < -0.39 is 0 Å². The third-order valence-corrected chi connectivity index (χ3v) is 4.33. The van der Waals surface area contributed by atoms with Crippen LogP contribution in [0.2, 0.25) is 0 Å². The fourth-order valence-corrected chi connectivity index (χ4v) is 2.76. The Balaban J connectivity index is 0.00000288. The number of nitrogens with zero attached hydrogens (tertiary/aromatic N) is 2. The molecule has 1 aromatic carbocycles. The van der Waals surface area contributed by atoms with Crippen molar-refractivity contribution in [2.75, 3.05) is 24.2 Å². The summed E-state index contributed by atoms with van der Waals surface area (Å²) in [5.41, 5.74) is 3.53. The van der Waals surface area contributed by atoms with Gasteiger partial charge in [0.05, 0.1) is 0 Å². The third kappa shape index (κ3) is 7.05. The van der Waals surface area contributed by atoms with Crippen LogP contribution in [0, 0.1) is 0 Å². The molecule has 1 aromatic heterocycles. The SMILES string of the molecule is CC(=O)SCCN(C)c1ccc(/C=C/c2cc[n+](C)cc2)cc1.[I-]. The lowest BCUT2D eigenvalue weighted by Crippen LogP contribution is -3.00. The zero-order chi connectivity index (χ0) is 16.7. The Morgan fingerprint density at radius 2 is 1.62 bits per heavy atom. The highest BCUT2D eigenvalue weighted by Gasteiger charge is 2.02. The molecule has 0 saturated carbocycles. The second kappa shape index (κ2) is 10.5. The van der Waals surface area contributed by atoms with Gasteiger partial charge in [-0.15, -0.1) is 0 Å². The summed E-state index contributed by atoms with van der Waals surface area (Å²) in [5.74, 6) is 0.818. The summed E-state index contributed by atoms with van der Waals surface area (Å²) in [5, 5.41) is 0.174. The molecule has 0 N–H and O–H groups in total. The topological polar surface area (TPSA) is 24.2 Å². The van der Waals surface area contributed by atoms with Crippen molar-refractivity contribution in [1.82, 2.24) is 0 Å². The summed E-state index contributed by atoms with van der Waals surface area (Å²) in [6, 6.07) is 12.6. The van der Waals surface area contributed by atoms with Crippen molar-refractivity contribution in [1.29, 1.82) is 0 Å². The molecule has 0 aliphatic carbocycles. The van der Waals surface area contributed by atoms with Gasteiger partial charge in [-0.25, -0.2) is 4.57 Å². The largest absolute Gasteiger partial charge is 1.00 e. The van der Waals surface area contributed by atoms with E-state index in [4.69, 9.17) is 0 Å². The van der Waals surface area contributed by atoms with Crippen LogP contribution in [0.1, 0.15) is 18.1 Å². The van der Waals surface area contributed by atoms with E-state index in [2.05, 4.69) is 60.5 Å². The summed E-state index contributed by atoms with van der Waals surface area (Å²) in [6.07, 6.45) is 8.31. The average Bonchev–Trinajstić information content (AvgIpc) is 2.54. The molecule has 128 valence electrons. The smallest absolute Gasteiger partial charge is 0.185 e. The van der Waals surface area contributed by atoms with Gasteiger partial charge < -0.3 is 28.9 Å². The molecule has 0 aliphatic heterocycles. The molecule has 24 heavy (non-hydrogen) atoms. The highest BCUT2D eigenvalue weighted by molar-refractivity contribution is 8.13. The van der Waals surface area contributed by atoms with E-state index in [1.807, 2.05) is 24.0 Å². The van der Waals surface area contributed by atoms with E-state index in [1.54, 1.807) is 6.92 Å². The number of carbonyl (C=O) groups excluding carboxylic acids is 1. The van der Waals surface area contributed by atoms with E-state index in [9.17, 15) is 4.79 Å². The molecule has 0 unspecified atom stereocenters. The van der Waals surface area contributed by atoms with Crippen LogP contribution in [0.5, 0.6) is 0 Å². The van der Waals surface area contributed by atoms with Gasteiger partial charge in [-0.3, -0.25) is 4.79 Å². The fourth-order valence-electron chi connectivity index (χ4n) is 2.11. The Morgan fingerprint density at radius 3 is 2.17 bits per heavy atom. The van der Waals surface area contributed by atoms with Gasteiger partial charge in [-0.2, -0.15) is 0 Å². The maximum Gasteiger partial charge on any atom is 0.185 e. The van der Waals surface area contributed by atoms with E-state index in [1.165, 1.54) is 22.9 Å². The van der Waals surface area contributed by atoms with Gasteiger partial charge in [0, 0.05) is 44.1 Å². The van der Waals surface area contributed by atoms with Crippen LogP contribution in [-0.4, -0.2) is 24.5 Å². The molecule has 5 heteroatoms. The van der Waals surface area contributed by atoms with E-state index in [-0.39, 0.29) is 29.1 Å². The van der Waals surface area contributed by atoms with Crippen LogP contribution in [-0.2, 0) is 11.8 Å². The molecule has 1 heterocycles. The first-order valence-electron chi connectivity index (χ1n) is 7.62. The number of rotatable bonds is 6. The maximum atomic E-state index is 10.9. The molecule has 0 saturated heterocycles. The van der Waals surface area contributed by atoms with Crippen LogP contribution >= 0.6 is 11.8 Å². The number of halogens is 1. The van der Waals surface area contributed by atoms with Crippen LogP contribution in [0.4, 0.5) is 5.69 Å². The summed E-state index contributed by atoms with van der Waals surface area (Å²) in [4.78, 5) is 13.1. The summed E-state index contributed by atoms with van der Waals surface area (Å²) < 4.78 is 2.02. The Hall–Kier alpha value is -1.34. The van der Waals surface area contributed by atoms with Gasteiger partial charge >= 0.3 is 0 Å². The van der Waals surface area contributed by atoms with Crippen LogP contribution in [0.25, 0.3) is 12.2 Å². The number of aromatic nitrogens is 1. The molecule has 0 radical (unpaired) electrons. The number of anilines is 1. The van der Waals surface area contributed by atoms with Gasteiger partial charge in [0.15, 0.2) is 17.5 Å². The van der Waals surface area contributed by atoms with Gasteiger partial charge in [-0.1, -0.05) is 36.0 Å². The lowest BCUT2D eigenvalue weighted by Gasteiger charge is -2.18. The zero-order valence-electron chi connectivity index (χ0n) is 14.3. The molecule has 0 atom stereocenters.